The van der Waals surface area contributed by atoms with Crippen molar-refractivity contribution >= 4 is 11.6 Å². The van der Waals surface area contributed by atoms with Gasteiger partial charge in [-0.3, -0.25) is 9.67 Å². The van der Waals surface area contributed by atoms with E-state index in [4.69, 9.17) is 11.6 Å². The molecule has 0 aliphatic rings. The number of hydrogen-bond acceptors (Lipinski definition) is 3. The van der Waals surface area contributed by atoms with Crippen LogP contribution >= 0.6 is 11.6 Å². The lowest BCUT2D eigenvalue weighted by Gasteiger charge is -2.19. The van der Waals surface area contributed by atoms with E-state index in [2.05, 4.69) is 41.4 Å². The summed E-state index contributed by atoms with van der Waals surface area (Å²) in [6.07, 6.45) is 0.801. The molecule has 0 saturated carbocycles. The first-order chi connectivity index (χ1) is 9.97. The average Bonchev–Trinajstić information content (AvgIpc) is 2.72. The van der Waals surface area contributed by atoms with Gasteiger partial charge in [0.05, 0.1) is 16.4 Å². The molecule has 0 aliphatic carbocycles. The molecule has 0 fully saturated rings. The Hall–Kier alpha value is -1.39. The molecule has 21 heavy (non-hydrogen) atoms. The third-order valence-corrected chi connectivity index (χ3v) is 4.33. The van der Waals surface area contributed by atoms with Crippen molar-refractivity contribution in [2.45, 2.75) is 46.7 Å². The maximum absolute atomic E-state index is 6.42. The standard InChI is InChI=1S/C16H23ClN4/c1-6-21-15(16(17)12(4)20-21)9-14(18-5)13-8-7-10(2)19-11(13)3/h7-8,14,18H,6,9H2,1-5H3. The summed E-state index contributed by atoms with van der Waals surface area (Å²) in [6, 6.07) is 4.38. The molecule has 0 aliphatic heterocycles. The van der Waals surface area contributed by atoms with Crippen LogP contribution in [0.3, 0.4) is 0 Å². The van der Waals surface area contributed by atoms with E-state index in [1.807, 2.05) is 25.6 Å². The van der Waals surface area contributed by atoms with Gasteiger partial charge in [-0.25, -0.2) is 0 Å². The summed E-state index contributed by atoms with van der Waals surface area (Å²) in [7, 11) is 1.97. The zero-order valence-electron chi connectivity index (χ0n) is 13.4. The molecular weight excluding hydrogens is 284 g/mol. The van der Waals surface area contributed by atoms with Crippen molar-refractivity contribution in [3.05, 3.63) is 45.5 Å². The lowest BCUT2D eigenvalue weighted by atomic mass is 10.00. The van der Waals surface area contributed by atoms with E-state index in [9.17, 15) is 0 Å². The second kappa shape index (κ2) is 6.58. The summed E-state index contributed by atoms with van der Waals surface area (Å²) >= 11 is 6.42. The van der Waals surface area contributed by atoms with Gasteiger partial charge in [-0.2, -0.15) is 5.10 Å². The molecule has 0 aromatic carbocycles. The number of nitrogens with zero attached hydrogens (tertiary/aromatic N) is 3. The third kappa shape index (κ3) is 3.27. The quantitative estimate of drug-likeness (QED) is 0.921. The van der Waals surface area contributed by atoms with Crippen molar-refractivity contribution in [1.29, 1.82) is 0 Å². The van der Waals surface area contributed by atoms with Crippen molar-refractivity contribution in [3.63, 3.8) is 0 Å². The van der Waals surface area contributed by atoms with Crippen LogP contribution in [-0.4, -0.2) is 21.8 Å². The third-order valence-electron chi connectivity index (χ3n) is 3.84. The van der Waals surface area contributed by atoms with E-state index >= 15 is 0 Å². The minimum absolute atomic E-state index is 0.178. The molecule has 2 heterocycles. The maximum atomic E-state index is 6.42. The van der Waals surface area contributed by atoms with Gasteiger partial charge in [0.1, 0.15) is 0 Å². The van der Waals surface area contributed by atoms with Crippen molar-refractivity contribution in [3.8, 4) is 0 Å². The highest BCUT2D eigenvalue weighted by atomic mass is 35.5. The van der Waals surface area contributed by atoms with Crippen molar-refractivity contribution in [2.24, 2.45) is 0 Å². The highest BCUT2D eigenvalue weighted by Crippen LogP contribution is 2.27. The highest BCUT2D eigenvalue weighted by molar-refractivity contribution is 6.31. The Kier molecular flexibility index (Phi) is 5.01. The van der Waals surface area contributed by atoms with Crippen LogP contribution in [-0.2, 0) is 13.0 Å². The van der Waals surface area contributed by atoms with E-state index in [-0.39, 0.29) is 6.04 Å². The van der Waals surface area contributed by atoms with Gasteiger partial charge in [0.2, 0.25) is 0 Å². The Morgan fingerprint density at radius 3 is 2.52 bits per heavy atom. The van der Waals surface area contributed by atoms with E-state index in [1.54, 1.807) is 0 Å². The molecule has 5 heteroatoms. The molecule has 1 atom stereocenters. The minimum atomic E-state index is 0.178. The van der Waals surface area contributed by atoms with E-state index in [1.165, 1.54) is 5.56 Å². The molecule has 114 valence electrons. The summed E-state index contributed by atoms with van der Waals surface area (Å²) in [5.74, 6) is 0. The average molecular weight is 307 g/mol. The Bertz CT molecular complexity index is 633. The van der Waals surface area contributed by atoms with Crippen molar-refractivity contribution in [2.75, 3.05) is 7.05 Å². The number of halogens is 1. The largest absolute Gasteiger partial charge is 0.313 e. The Labute approximate surface area is 131 Å². The molecular formula is C16H23ClN4. The van der Waals surface area contributed by atoms with Gasteiger partial charge in [0.15, 0.2) is 0 Å². The van der Waals surface area contributed by atoms with Crippen LogP contribution in [0.15, 0.2) is 12.1 Å². The summed E-state index contributed by atoms with van der Waals surface area (Å²) in [5.41, 5.74) is 5.28. The van der Waals surface area contributed by atoms with Crippen LogP contribution in [0.5, 0.6) is 0 Å². The predicted molar refractivity (Wildman–Crippen MR) is 86.9 cm³/mol. The van der Waals surface area contributed by atoms with Gasteiger partial charge in [0.25, 0.3) is 0 Å². The van der Waals surface area contributed by atoms with Crippen LogP contribution < -0.4 is 5.32 Å². The van der Waals surface area contributed by atoms with E-state index < -0.39 is 0 Å². The molecule has 1 N–H and O–H groups in total. The lowest BCUT2D eigenvalue weighted by molar-refractivity contribution is 0.537. The SMILES string of the molecule is CCn1nc(C)c(Cl)c1CC(NC)c1ccc(C)nc1C. The van der Waals surface area contributed by atoms with Gasteiger partial charge in [-0.05, 0) is 46.4 Å². The van der Waals surface area contributed by atoms with Gasteiger partial charge in [-0.1, -0.05) is 17.7 Å². The topological polar surface area (TPSA) is 42.7 Å². The summed E-state index contributed by atoms with van der Waals surface area (Å²) in [6.45, 7) is 8.92. The first-order valence-electron chi connectivity index (χ1n) is 7.31. The van der Waals surface area contributed by atoms with Crippen LogP contribution in [0.25, 0.3) is 0 Å². The molecule has 0 bridgehead atoms. The van der Waals surface area contributed by atoms with Gasteiger partial charge in [-0.15, -0.1) is 0 Å². The number of aromatic nitrogens is 3. The molecule has 2 rings (SSSR count). The van der Waals surface area contributed by atoms with E-state index in [0.29, 0.717) is 0 Å². The number of likely N-dealkylation sites (N-methyl/N-ethyl adjacent to an activating group) is 1. The molecule has 2 aromatic heterocycles. The second-order valence-corrected chi connectivity index (χ2v) is 5.71. The fourth-order valence-electron chi connectivity index (χ4n) is 2.69. The zero-order valence-corrected chi connectivity index (χ0v) is 14.1. The molecule has 0 saturated heterocycles. The molecule has 1 unspecified atom stereocenters. The van der Waals surface area contributed by atoms with E-state index in [0.717, 1.165) is 40.8 Å². The summed E-state index contributed by atoms with van der Waals surface area (Å²) < 4.78 is 1.99. The Balaban J connectivity index is 2.35. The fourth-order valence-corrected chi connectivity index (χ4v) is 2.90. The first kappa shape index (κ1) is 16.0. The molecule has 2 aromatic rings. The summed E-state index contributed by atoms with van der Waals surface area (Å²) in [4.78, 5) is 4.56. The van der Waals surface area contributed by atoms with Crippen LogP contribution in [0, 0.1) is 20.8 Å². The van der Waals surface area contributed by atoms with Crippen LogP contribution in [0.1, 0.15) is 41.3 Å². The predicted octanol–water partition coefficient (Wildman–Crippen LogP) is 3.38. The van der Waals surface area contributed by atoms with Gasteiger partial charge >= 0.3 is 0 Å². The normalized spacial score (nSPS) is 12.7. The molecule has 0 radical (unpaired) electrons. The number of aryl methyl sites for hydroxylation is 4. The van der Waals surface area contributed by atoms with Crippen LogP contribution in [0.2, 0.25) is 5.02 Å². The smallest absolute Gasteiger partial charge is 0.0847 e. The Morgan fingerprint density at radius 1 is 1.24 bits per heavy atom. The monoisotopic (exact) mass is 306 g/mol. The molecule has 0 amide bonds. The minimum Gasteiger partial charge on any atom is -0.313 e. The molecule has 0 spiro atoms. The van der Waals surface area contributed by atoms with Gasteiger partial charge in [0, 0.05) is 30.4 Å². The second-order valence-electron chi connectivity index (χ2n) is 5.33. The first-order valence-corrected chi connectivity index (χ1v) is 7.68. The lowest BCUT2D eigenvalue weighted by Crippen LogP contribution is -2.22. The fraction of sp³-hybridized carbons (Fsp3) is 0.500. The number of hydrogen-bond donors (Lipinski definition) is 1. The number of rotatable bonds is 5. The highest BCUT2D eigenvalue weighted by Gasteiger charge is 2.19. The number of pyridine rings is 1. The van der Waals surface area contributed by atoms with Crippen molar-refractivity contribution in [1.82, 2.24) is 20.1 Å². The van der Waals surface area contributed by atoms with Gasteiger partial charge < -0.3 is 5.32 Å². The van der Waals surface area contributed by atoms with Crippen molar-refractivity contribution < 1.29 is 0 Å². The maximum Gasteiger partial charge on any atom is 0.0847 e. The molecule has 4 nitrogen and oxygen atoms in total. The zero-order chi connectivity index (χ0) is 15.6. The van der Waals surface area contributed by atoms with Crippen LogP contribution in [0.4, 0.5) is 0 Å². The summed E-state index contributed by atoms with van der Waals surface area (Å²) in [5, 5.41) is 8.64. The number of nitrogens with one attached hydrogen (secondary N) is 1. The Morgan fingerprint density at radius 2 is 1.95 bits per heavy atom.